The SMILES string of the molecule is CN(CCC(=O)NCCOCCOCCCc1ccc(OC2CC(O)CC(C(=O)O)O2)c(COC(=O)C(C)(C)C)c1)C(=O)/C=C\C=O. The lowest BCUT2D eigenvalue weighted by Gasteiger charge is -2.31. The number of rotatable bonds is 20. The Hall–Kier alpha value is -3.85. The molecule has 0 radical (unpaired) electrons. The van der Waals surface area contributed by atoms with Gasteiger partial charge in [0, 0.05) is 57.6 Å². The van der Waals surface area contributed by atoms with Crippen LogP contribution in [0.1, 0.15) is 57.6 Å². The maximum atomic E-state index is 12.4. The minimum atomic E-state index is -1.18. The molecular formula is C33H48N2O12. The number of aliphatic hydroxyl groups excluding tert-OH is 1. The molecule has 3 atom stereocenters. The lowest BCUT2D eigenvalue weighted by Crippen LogP contribution is -2.42. The Balaban J connectivity index is 1.73. The monoisotopic (exact) mass is 664 g/mol. The second kappa shape index (κ2) is 20.4. The topological polar surface area (TPSA) is 187 Å². The van der Waals surface area contributed by atoms with Gasteiger partial charge < -0.3 is 44.1 Å². The number of hydrogen-bond donors (Lipinski definition) is 3. The molecule has 0 aromatic heterocycles. The summed E-state index contributed by atoms with van der Waals surface area (Å²) in [6, 6.07) is 5.43. The third-order valence-corrected chi connectivity index (χ3v) is 6.96. The van der Waals surface area contributed by atoms with E-state index in [0.717, 1.165) is 17.7 Å². The van der Waals surface area contributed by atoms with Gasteiger partial charge in [-0.25, -0.2) is 4.79 Å². The number of aliphatic hydroxyl groups is 1. The second-order valence-corrected chi connectivity index (χ2v) is 12.1. The van der Waals surface area contributed by atoms with Crippen LogP contribution in [0, 0.1) is 5.41 Å². The summed E-state index contributed by atoms with van der Waals surface area (Å²) in [5.41, 5.74) is 0.843. The molecule has 2 rings (SSSR count). The van der Waals surface area contributed by atoms with Crippen LogP contribution in [-0.2, 0) is 55.9 Å². The van der Waals surface area contributed by atoms with E-state index in [9.17, 15) is 34.2 Å². The lowest BCUT2D eigenvalue weighted by molar-refractivity contribution is -0.195. The van der Waals surface area contributed by atoms with Gasteiger partial charge in [-0.05, 0) is 57.4 Å². The molecule has 14 heteroatoms. The van der Waals surface area contributed by atoms with Crippen LogP contribution in [0.2, 0.25) is 0 Å². The van der Waals surface area contributed by atoms with E-state index in [1.165, 1.54) is 4.90 Å². The molecule has 1 heterocycles. The average Bonchev–Trinajstić information content (AvgIpc) is 3.02. The molecule has 1 aromatic rings. The number of nitrogens with one attached hydrogen (secondary N) is 1. The molecule has 1 saturated heterocycles. The zero-order valence-corrected chi connectivity index (χ0v) is 27.6. The third kappa shape index (κ3) is 15.5. The maximum absolute atomic E-state index is 12.4. The van der Waals surface area contributed by atoms with Crippen molar-refractivity contribution in [3.63, 3.8) is 0 Å². The maximum Gasteiger partial charge on any atom is 0.333 e. The van der Waals surface area contributed by atoms with E-state index in [2.05, 4.69) is 5.32 Å². The van der Waals surface area contributed by atoms with Crippen LogP contribution in [0.4, 0.5) is 0 Å². The van der Waals surface area contributed by atoms with Crippen LogP contribution in [0.25, 0.3) is 0 Å². The normalized spacial score (nSPS) is 18.0. The van der Waals surface area contributed by atoms with E-state index in [1.807, 2.05) is 12.1 Å². The van der Waals surface area contributed by atoms with Crippen molar-refractivity contribution in [3.05, 3.63) is 41.5 Å². The highest BCUT2D eigenvalue weighted by Gasteiger charge is 2.34. The van der Waals surface area contributed by atoms with E-state index < -0.39 is 29.9 Å². The lowest BCUT2D eigenvalue weighted by atomic mass is 9.97. The number of allylic oxidation sites excluding steroid dienone is 1. The van der Waals surface area contributed by atoms with Crippen LogP contribution >= 0.6 is 0 Å². The van der Waals surface area contributed by atoms with Gasteiger partial charge in [-0.15, -0.1) is 0 Å². The number of aldehydes is 1. The van der Waals surface area contributed by atoms with E-state index in [0.29, 0.717) is 63.4 Å². The van der Waals surface area contributed by atoms with Gasteiger partial charge in [-0.3, -0.25) is 19.2 Å². The summed E-state index contributed by atoms with van der Waals surface area (Å²) in [7, 11) is 1.55. The summed E-state index contributed by atoms with van der Waals surface area (Å²) in [5.74, 6) is -1.76. The molecule has 0 aliphatic carbocycles. The highest BCUT2D eigenvalue weighted by molar-refractivity contribution is 5.91. The van der Waals surface area contributed by atoms with Crippen LogP contribution in [0.5, 0.6) is 5.75 Å². The fourth-order valence-corrected chi connectivity index (χ4v) is 4.29. The number of aliphatic carboxylic acids is 1. The Morgan fingerprint density at radius 3 is 2.49 bits per heavy atom. The Morgan fingerprint density at radius 1 is 1.09 bits per heavy atom. The van der Waals surface area contributed by atoms with Crippen molar-refractivity contribution in [1.29, 1.82) is 0 Å². The largest absolute Gasteiger partial charge is 0.479 e. The van der Waals surface area contributed by atoms with E-state index in [4.69, 9.17) is 23.7 Å². The fourth-order valence-electron chi connectivity index (χ4n) is 4.29. The predicted molar refractivity (Wildman–Crippen MR) is 168 cm³/mol. The van der Waals surface area contributed by atoms with Gasteiger partial charge >= 0.3 is 11.9 Å². The molecule has 2 amide bonds. The number of aryl methyl sites for hydroxylation is 1. The number of esters is 1. The molecule has 3 unspecified atom stereocenters. The number of carboxylic acid groups (broad SMARTS) is 1. The fraction of sp³-hybridized carbons (Fsp3) is 0.606. The molecule has 3 N–H and O–H groups in total. The van der Waals surface area contributed by atoms with Crippen LogP contribution in [0.3, 0.4) is 0 Å². The summed E-state index contributed by atoms with van der Waals surface area (Å²) in [6.45, 7) is 7.26. The summed E-state index contributed by atoms with van der Waals surface area (Å²) in [6.07, 6.45) is 1.30. The predicted octanol–water partition coefficient (Wildman–Crippen LogP) is 1.79. The first-order valence-electron chi connectivity index (χ1n) is 15.6. The Kier molecular flexibility index (Phi) is 17.1. The number of nitrogens with zero attached hydrogens (tertiary/aromatic N) is 1. The first-order chi connectivity index (χ1) is 22.3. The van der Waals surface area contributed by atoms with Gasteiger partial charge in [0.2, 0.25) is 18.1 Å². The van der Waals surface area contributed by atoms with Gasteiger partial charge in [0.25, 0.3) is 0 Å². The Labute approximate surface area is 275 Å². The first kappa shape index (κ1) is 39.3. The molecular weight excluding hydrogens is 616 g/mol. The van der Waals surface area contributed by atoms with Crippen LogP contribution in [0.15, 0.2) is 30.4 Å². The van der Waals surface area contributed by atoms with Crippen molar-refractivity contribution >= 4 is 30.0 Å². The van der Waals surface area contributed by atoms with E-state index in [-0.39, 0.29) is 50.2 Å². The third-order valence-electron chi connectivity index (χ3n) is 6.96. The molecule has 0 bridgehead atoms. The minimum absolute atomic E-state index is 0.0235. The number of carbonyl (C=O) groups excluding carboxylic acids is 4. The number of benzene rings is 1. The van der Waals surface area contributed by atoms with Crippen molar-refractivity contribution in [3.8, 4) is 5.75 Å². The Morgan fingerprint density at radius 2 is 1.81 bits per heavy atom. The number of amides is 2. The molecule has 0 saturated carbocycles. The summed E-state index contributed by atoms with van der Waals surface area (Å²) in [4.78, 5) is 59.1. The number of hydrogen-bond acceptors (Lipinski definition) is 11. The zero-order chi connectivity index (χ0) is 34.8. The summed E-state index contributed by atoms with van der Waals surface area (Å²) in [5, 5.41) is 22.1. The number of ether oxygens (including phenoxy) is 5. The van der Waals surface area contributed by atoms with Crippen molar-refractivity contribution in [1.82, 2.24) is 10.2 Å². The van der Waals surface area contributed by atoms with Gasteiger partial charge in [0.05, 0.1) is 31.3 Å². The molecule has 47 heavy (non-hydrogen) atoms. The highest BCUT2D eigenvalue weighted by Crippen LogP contribution is 2.28. The number of carboxylic acids is 1. The molecule has 14 nitrogen and oxygen atoms in total. The smallest absolute Gasteiger partial charge is 0.333 e. The molecule has 262 valence electrons. The first-order valence-corrected chi connectivity index (χ1v) is 15.6. The average molecular weight is 665 g/mol. The molecule has 1 aliphatic rings. The zero-order valence-electron chi connectivity index (χ0n) is 27.6. The van der Waals surface area contributed by atoms with E-state index in [1.54, 1.807) is 33.9 Å². The van der Waals surface area contributed by atoms with Crippen LogP contribution in [-0.4, -0.2) is 110 Å². The summed E-state index contributed by atoms with van der Waals surface area (Å²) < 4.78 is 28.1. The van der Waals surface area contributed by atoms with Crippen molar-refractivity contribution < 1.29 is 57.9 Å². The van der Waals surface area contributed by atoms with Crippen LogP contribution < -0.4 is 10.1 Å². The summed E-state index contributed by atoms with van der Waals surface area (Å²) >= 11 is 0. The van der Waals surface area contributed by atoms with Gasteiger partial charge in [0.1, 0.15) is 18.6 Å². The van der Waals surface area contributed by atoms with Crippen molar-refractivity contribution in [2.24, 2.45) is 5.41 Å². The van der Waals surface area contributed by atoms with E-state index >= 15 is 0 Å². The quantitative estimate of drug-likeness (QED) is 0.0795. The minimum Gasteiger partial charge on any atom is -0.479 e. The van der Waals surface area contributed by atoms with Gasteiger partial charge in [-0.1, -0.05) is 6.07 Å². The van der Waals surface area contributed by atoms with Crippen molar-refractivity contribution in [2.45, 2.75) is 78.0 Å². The molecule has 1 fully saturated rings. The highest BCUT2D eigenvalue weighted by atomic mass is 16.7. The van der Waals surface area contributed by atoms with Crippen molar-refractivity contribution in [2.75, 3.05) is 46.6 Å². The number of likely N-dealkylation sites (N-methyl/N-ethyl adjacent to an activating group) is 1. The molecule has 1 aromatic carbocycles. The second-order valence-electron chi connectivity index (χ2n) is 12.1. The van der Waals surface area contributed by atoms with Gasteiger partial charge in [0.15, 0.2) is 6.10 Å². The molecule has 0 spiro atoms. The van der Waals surface area contributed by atoms with Gasteiger partial charge in [-0.2, -0.15) is 0 Å². The standard InChI is InChI=1S/C33H48N2O12/c1-33(2,3)32(42)45-22-24-19-23(9-10-26(24)46-30-21-25(37)20-27(47-30)31(40)41)7-6-15-43-17-18-44-16-12-34-28(38)11-13-35(4)29(39)8-5-14-36/h5,8-10,14,19,25,27,30,37H,6-7,11-13,15-18,20-22H2,1-4H3,(H,34,38)(H,40,41)/b8-5-. The number of carbonyl (C=O) groups is 5. The Bertz CT molecular complexity index is 1210. The molecule has 1 aliphatic heterocycles.